The van der Waals surface area contributed by atoms with Gasteiger partial charge in [0.05, 0.1) is 24.5 Å². The maximum Gasteiger partial charge on any atom is 0.277 e. The summed E-state index contributed by atoms with van der Waals surface area (Å²) in [5, 5.41) is 2.10. The number of alkyl halides is 2. The third-order valence-electron chi connectivity index (χ3n) is 2.95. The largest absolute Gasteiger partial charge is 0.348 e. The summed E-state index contributed by atoms with van der Waals surface area (Å²) in [5.74, 6) is -3.78. The fourth-order valence-corrected chi connectivity index (χ4v) is 2.76. The Kier molecular flexibility index (Phi) is 6.58. The van der Waals surface area contributed by atoms with E-state index < -0.39 is 24.9 Å². The monoisotopic (exact) mass is 351 g/mol. The number of fused-ring (bicyclic) bond motifs is 1. The number of nitrogens with zero attached hydrogens (tertiary/aromatic N) is 1. The molecule has 5 nitrogen and oxygen atoms in total. The average Bonchev–Trinajstić information content (AvgIpc) is 2.48. The second-order valence-corrected chi connectivity index (χ2v) is 5.59. The molecule has 0 spiro atoms. The molecule has 0 saturated carbocycles. The summed E-state index contributed by atoms with van der Waals surface area (Å²) in [4.78, 5) is 25.8. The first kappa shape index (κ1) is 18.7. The molecule has 1 aromatic rings. The fraction of sp³-hybridized carbons (Fsp3) is 0.385. The van der Waals surface area contributed by atoms with Crippen LogP contribution in [0, 0.1) is 0 Å². The molecule has 1 aromatic carbocycles. The summed E-state index contributed by atoms with van der Waals surface area (Å²) in [7, 11) is 0. The average molecular weight is 352 g/mol. The van der Waals surface area contributed by atoms with Gasteiger partial charge in [-0.25, -0.2) is 8.78 Å². The second kappa shape index (κ2) is 7.75. The molecule has 2 rings (SSSR count). The fourth-order valence-electron chi connectivity index (χ4n) is 1.83. The van der Waals surface area contributed by atoms with E-state index in [2.05, 4.69) is 5.32 Å². The molecule has 0 saturated heterocycles. The van der Waals surface area contributed by atoms with Gasteiger partial charge in [0.2, 0.25) is 11.8 Å². The van der Waals surface area contributed by atoms with Gasteiger partial charge in [-0.2, -0.15) is 0 Å². The minimum absolute atomic E-state index is 0. The number of hydrogen-bond donors (Lipinski definition) is 2. The van der Waals surface area contributed by atoms with Gasteiger partial charge < -0.3 is 16.0 Å². The highest BCUT2D eigenvalue weighted by molar-refractivity contribution is 8.00. The number of rotatable bonds is 5. The zero-order valence-electron chi connectivity index (χ0n) is 11.6. The van der Waals surface area contributed by atoms with E-state index in [4.69, 9.17) is 5.73 Å². The maximum absolute atomic E-state index is 13.0. The van der Waals surface area contributed by atoms with Crippen molar-refractivity contribution in [3.63, 3.8) is 0 Å². The Morgan fingerprint density at radius 1 is 1.41 bits per heavy atom. The molecule has 0 aliphatic carbocycles. The first-order valence-electron chi connectivity index (χ1n) is 6.30. The van der Waals surface area contributed by atoms with E-state index in [-0.39, 0.29) is 30.6 Å². The molecular weight excluding hydrogens is 336 g/mol. The van der Waals surface area contributed by atoms with Crippen molar-refractivity contribution in [3.05, 3.63) is 24.3 Å². The molecule has 22 heavy (non-hydrogen) atoms. The molecule has 122 valence electrons. The van der Waals surface area contributed by atoms with Crippen LogP contribution in [0.25, 0.3) is 0 Å². The number of anilines is 1. The van der Waals surface area contributed by atoms with Crippen LogP contribution < -0.4 is 16.0 Å². The van der Waals surface area contributed by atoms with Crippen molar-refractivity contribution < 1.29 is 18.4 Å². The van der Waals surface area contributed by atoms with Crippen LogP contribution in [0.3, 0.4) is 0 Å². The Balaban J connectivity index is 0.00000242. The van der Waals surface area contributed by atoms with Gasteiger partial charge in [-0.3, -0.25) is 9.59 Å². The normalized spacial score (nSPS) is 14.1. The number of para-hydroxylation sites is 1. The number of halogens is 3. The minimum Gasteiger partial charge on any atom is -0.348 e. The molecule has 0 atom stereocenters. The van der Waals surface area contributed by atoms with E-state index in [1.54, 1.807) is 12.1 Å². The van der Waals surface area contributed by atoms with Gasteiger partial charge in [0.1, 0.15) is 6.54 Å². The zero-order valence-corrected chi connectivity index (χ0v) is 13.2. The first-order valence-corrected chi connectivity index (χ1v) is 7.28. The standard InChI is InChI=1S/C13H15F2N3O2S.ClH/c14-13(15,7-16)8-17-11(19)5-18-9-3-1-2-4-10(9)21-6-12(18)20;/h1-4H,5-8,16H2,(H,17,19);1H. The number of carbonyl (C=O) groups is 2. The Bertz CT molecular complexity index is 560. The Labute approximate surface area is 137 Å². The van der Waals surface area contributed by atoms with Crippen molar-refractivity contribution in [2.45, 2.75) is 10.8 Å². The maximum atomic E-state index is 13.0. The summed E-state index contributed by atoms with van der Waals surface area (Å²) >= 11 is 1.39. The SMILES string of the molecule is Cl.NCC(F)(F)CNC(=O)CN1C(=O)CSc2ccccc21. The lowest BCUT2D eigenvalue weighted by Crippen LogP contribution is -2.47. The van der Waals surface area contributed by atoms with E-state index in [9.17, 15) is 18.4 Å². The molecule has 1 heterocycles. The molecule has 0 radical (unpaired) electrons. The van der Waals surface area contributed by atoms with E-state index in [0.717, 1.165) is 4.90 Å². The second-order valence-electron chi connectivity index (χ2n) is 4.57. The molecule has 2 amide bonds. The highest BCUT2D eigenvalue weighted by atomic mass is 35.5. The van der Waals surface area contributed by atoms with Crippen LogP contribution in [0.5, 0.6) is 0 Å². The van der Waals surface area contributed by atoms with Crippen molar-refractivity contribution in [2.75, 3.05) is 30.3 Å². The quantitative estimate of drug-likeness (QED) is 0.837. The molecule has 1 aliphatic rings. The van der Waals surface area contributed by atoms with Crippen LogP contribution in [-0.2, 0) is 9.59 Å². The molecule has 1 aliphatic heterocycles. The number of nitrogens with two attached hydrogens (primary N) is 1. The number of amides is 2. The Morgan fingerprint density at radius 3 is 2.77 bits per heavy atom. The lowest BCUT2D eigenvalue weighted by atomic mass is 10.2. The summed E-state index contributed by atoms with van der Waals surface area (Å²) in [6.45, 7) is -1.95. The molecule has 0 bridgehead atoms. The van der Waals surface area contributed by atoms with E-state index in [1.807, 2.05) is 12.1 Å². The van der Waals surface area contributed by atoms with Crippen molar-refractivity contribution >= 4 is 41.7 Å². The van der Waals surface area contributed by atoms with E-state index in [0.29, 0.717) is 5.69 Å². The summed E-state index contributed by atoms with van der Waals surface area (Å²) in [6, 6.07) is 7.16. The number of benzene rings is 1. The Hall–Kier alpha value is -1.38. The van der Waals surface area contributed by atoms with Crippen molar-refractivity contribution in [1.29, 1.82) is 0 Å². The number of hydrogen-bond acceptors (Lipinski definition) is 4. The van der Waals surface area contributed by atoms with Gasteiger partial charge >= 0.3 is 0 Å². The number of thioether (sulfide) groups is 1. The van der Waals surface area contributed by atoms with Crippen molar-refractivity contribution in [2.24, 2.45) is 5.73 Å². The molecule has 9 heteroatoms. The number of nitrogens with one attached hydrogen (secondary N) is 1. The van der Waals surface area contributed by atoms with Gasteiger partial charge in [0.15, 0.2) is 0 Å². The van der Waals surface area contributed by atoms with Gasteiger partial charge in [-0.05, 0) is 12.1 Å². The summed E-state index contributed by atoms with van der Waals surface area (Å²) in [6.07, 6.45) is 0. The molecular formula is C13H16ClF2N3O2S. The van der Waals surface area contributed by atoms with Crippen molar-refractivity contribution in [3.8, 4) is 0 Å². The predicted octanol–water partition coefficient (Wildman–Crippen LogP) is 1.26. The third kappa shape index (κ3) is 4.56. The Morgan fingerprint density at radius 2 is 2.09 bits per heavy atom. The van der Waals surface area contributed by atoms with Gasteiger partial charge in [-0.15, -0.1) is 24.2 Å². The van der Waals surface area contributed by atoms with Crippen LogP contribution in [0.2, 0.25) is 0 Å². The highest BCUT2D eigenvalue weighted by Crippen LogP contribution is 2.34. The van der Waals surface area contributed by atoms with Crippen molar-refractivity contribution in [1.82, 2.24) is 5.32 Å². The van der Waals surface area contributed by atoms with Gasteiger partial charge in [0, 0.05) is 4.90 Å². The number of carbonyl (C=O) groups excluding carboxylic acids is 2. The van der Waals surface area contributed by atoms with Crippen LogP contribution >= 0.6 is 24.2 Å². The van der Waals surface area contributed by atoms with Gasteiger partial charge in [-0.1, -0.05) is 12.1 Å². The molecule has 3 N–H and O–H groups in total. The van der Waals surface area contributed by atoms with E-state index >= 15 is 0 Å². The zero-order chi connectivity index (χ0) is 15.5. The first-order chi connectivity index (χ1) is 9.93. The molecule has 0 unspecified atom stereocenters. The topological polar surface area (TPSA) is 75.4 Å². The van der Waals surface area contributed by atoms with Crippen LogP contribution in [0.15, 0.2) is 29.2 Å². The lowest BCUT2D eigenvalue weighted by Gasteiger charge is -2.28. The summed E-state index contributed by atoms with van der Waals surface area (Å²) in [5.41, 5.74) is 5.52. The smallest absolute Gasteiger partial charge is 0.277 e. The molecule has 0 fully saturated rings. The van der Waals surface area contributed by atoms with Crippen LogP contribution in [0.4, 0.5) is 14.5 Å². The minimum atomic E-state index is -3.14. The third-order valence-corrected chi connectivity index (χ3v) is 4.00. The lowest BCUT2D eigenvalue weighted by molar-refractivity contribution is -0.124. The van der Waals surface area contributed by atoms with E-state index in [1.165, 1.54) is 16.7 Å². The summed E-state index contributed by atoms with van der Waals surface area (Å²) < 4.78 is 26.0. The van der Waals surface area contributed by atoms with Gasteiger partial charge in [0.25, 0.3) is 5.92 Å². The van der Waals surface area contributed by atoms with Crippen LogP contribution in [-0.4, -0.2) is 43.1 Å². The highest BCUT2D eigenvalue weighted by Gasteiger charge is 2.29. The predicted molar refractivity (Wildman–Crippen MR) is 83.8 cm³/mol. The molecule has 0 aromatic heterocycles. The van der Waals surface area contributed by atoms with Crippen LogP contribution in [0.1, 0.15) is 0 Å².